The SMILES string of the molecule is CC(C)OC(=O)N1CCC(n2cc(C(=O)Cc3cc4cc(-c5cnn(C)c5)ccc4cn3)cn2)CC1. The van der Waals surface area contributed by atoms with Gasteiger partial charge in [-0.2, -0.15) is 10.2 Å². The van der Waals surface area contributed by atoms with Crippen molar-refractivity contribution in [1.82, 2.24) is 29.4 Å². The van der Waals surface area contributed by atoms with Crippen LogP contribution in [0.3, 0.4) is 0 Å². The first-order valence-electron chi connectivity index (χ1n) is 12.3. The molecule has 0 saturated carbocycles. The van der Waals surface area contributed by atoms with Gasteiger partial charge in [-0.3, -0.25) is 19.1 Å². The van der Waals surface area contributed by atoms with Crippen molar-refractivity contribution in [2.75, 3.05) is 13.1 Å². The average molecular weight is 487 g/mol. The molecule has 1 amide bonds. The van der Waals surface area contributed by atoms with Gasteiger partial charge in [-0.05, 0) is 49.8 Å². The zero-order chi connectivity index (χ0) is 25.2. The number of Topliss-reactive ketones (excluding diaryl/α,β-unsaturated/α-hetero) is 1. The van der Waals surface area contributed by atoms with Crippen LogP contribution in [0.4, 0.5) is 4.79 Å². The Bertz CT molecular complexity index is 1400. The molecule has 9 nitrogen and oxygen atoms in total. The number of piperidine rings is 1. The summed E-state index contributed by atoms with van der Waals surface area (Å²) in [7, 11) is 1.90. The van der Waals surface area contributed by atoms with E-state index >= 15 is 0 Å². The van der Waals surface area contributed by atoms with E-state index in [1.165, 1.54) is 0 Å². The number of benzene rings is 1. The lowest BCUT2D eigenvalue weighted by Crippen LogP contribution is -2.40. The molecule has 9 heteroatoms. The van der Waals surface area contributed by atoms with Gasteiger partial charge in [0, 0.05) is 55.4 Å². The molecular formula is C27H30N6O3. The third-order valence-electron chi connectivity index (χ3n) is 6.52. The highest BCUT2D eigenvalue weighted by atomic mass is 16.6. The minimum atomic E-state index is -0.268. The fraction of sp³-hybridized carbons (Fsp3) is 0.370. The smallest absolute Gasteiger partial charge is 0.410 e. The first-order chi connectivity index (χ1) is 17.4. The van der Waals surface area contributed by atoms with Crippen LogP contribution >= 0.6 is 0 Å². The van der Waals surface area contributed by atoms with Crippen LogP contribution in [0.2, 0.25) is 0 Å². The van der Waals surface area contributed by atoms with Crippen molar-refractivity contribution in [2.45, 2.75) is 45.3 Å². The van der Waals surface area contributed by atoms with Gasteiger partial charge in [0.05, 0.1) is 36.5 Å². The van der Waals surface area contributed by atoms with Crippen molar-refractivity contribution in [2.24, 2.45) is 7.05 Å². The summed E-state index contributed by atoms with van der Waals surface area (Å²) in [5.74, 6) is -0.0190. The van der Waals surface area contributed by atoms with Crippen LogP contribution in [0, 0.1) is 0 Å². The largest absolute Gasteiger partial charge is 0.447 e. The number of pyridine rings is 1. The number of aromatic nitrogens is 5. The van der Waals surface area contributed by atoms with Gasteiger partial charge in [0.15, 0.2) is 5.78 Å². The maximum atomic E-state index is 13.0. The summed E-state index contributed by atoms with van der Waals surface area (Å²) >= 11 is 0. The summed E-state index contributed by atoms with van der Waals surface area (Å²) in [4.78, 5) is 31.4. The monoisotopic (exact) mass is 486 g/mol. The van der Waals surface area contributed by atoms with Crippen molar-refractivity contribution in [3.8, 4) is 11.1 Å². The van der Waals surface area contributed by atoms with Crippen LogP contribution in [0.25, 0.3) is 21.9 Å². The summed E-state index contributed by atoms with van der Waals surface area (Å²) in [6, 6.07) is 8.32. The quantitative estimate of drug-likeness (QED) is 0.374. The van der Waals surface area contributed by atoms with Crippen LogP contribution in [0.15, 0.2) is 55.2 Å². The van der Waals surface area contributed by atoms with E-state index in [0.29, 0.717) is 18.7 Å². The molecule has 1 aliphatic rings. The van der Waals surface area contributed by atoms with Crippen molar-refractivity contribution in [1.29, 1.82) is 0 Å². The van der Waals surface area contributed by atoms with Crippen molar-refractivity contribution in [3.63, 3.8) is 0 Å². The number of carbonyl (C=O) groups is 2. The zero-order valence-electron chi connectivity index (χ0n) is 20.8. The van der Waals surface area contributed by atoms with E-state index in [9.17, 15) is 9.59 Å². The van der Waals surface area contributed by atoms with Gasteiger partial charge in [-0.1, -0.05) is 12.1 Å². The molecule has 5 rings (SSSR count). The summed E-state index contributed by atoms with van der Waals surface area (Å²) in [5.41, 5.74) is 3.41. The lowest BCUT2D eigenvalue weighted by atomic mass is 10.0. The van der Waals surface area contributed by atoms with Crippen molar-refractivity contribution < 1.29 is 14.3 Å². The topological polar surface area (TPSA) is 95.1 Å². The molecule has 1 aliphatic heterocycles. The van der Waals surface area contributed by atoms with Gasteiger partial charge in [0.2, 0.25) is 0 Å². The minimum Gasteiger partial charge on any atom is -0.447 e. The van der Waals surface area contributed by atoms with E-state index in [2.05, 4.69) is 27.3 Å². The van der Waals surface area contributed by atoms with Gasteiger partial charge < -0.3 is 9.64 Å². The Kier molecular flexibility index (Phi) is 6.54. The van der Waals surface area contributed by atoms with E-state index in [1.54, 1.807) is 15.8 Å². The van der Waals surface area contributed by atoms with E-state index in [4.69, 9.17) is 4.74 Å². The van der Waals surface area contributed by atoms with Gasteiger partial charge in [0.25, 0.3) is 0 Å². The molecule has 36 heavy (non-hydrogen) atoms. The maximum absolute atomic E-state index is 13.0. The average Bonchev–Trinajstić information content (AvgIpc) is 3.53. The van der Waals surface area contributed by atoms with Crippen molar-refractivity contribution in [3.05, 3.63) is 66.5 Å². The second-order valence-corrected chi connectivity index (χ2v) is 9.60. The summed E-state index contributed by atoms with van der Waals surface area (Å²) in [6.07, 6.45) is 10.4. The standard InChI is InChI=1S/C27H30N6O3/c1-18(2)36-27(35)32-8-6-25(7-9-32)33-17-23(15-30-33)26(34)12-24-11-21-10-19(4-5-20(21)13-28-24)22-14-29-31(3)16-22/h4-5,10-11,13-18,25H,6-9,12H2,1-3H3. The number of nitrogens with zero attached hydrogens (tertiary/aromatic N) is 6. The molecule has 0 bridgehead atoms. The highest BCUT2D eigenvalue weighted by Gasteiger charge is 2.26. The number of ketones is 1. The number of hydrogen-bond acceptors (Lipinski definition) is 6. The molecule has 0 spiro atoms. The van der Waals surface area contributed by atoms with Crippen molar-refractivity contribution >= 4 is 22.6 Å². The minimum absolute atomic E-state index is 0.0190. The second-order valence-electron chi connectivity index (χ2n) is 9.60. The number of hydrogen-bond donors (Lipinski definition) is 0. The molecule has 0 aliphatic carbocycles. The zero-order valence-corrected chi connectivity index (χ0v) is 20.8. The Labute approximate surface area is 209 Å². The van der Waals surface area contributed by atoms with Crippen LogP contribution in [0.5, 0.6) is 0 Å². The third kappa shape index (κ3) is 5.15. The number of fused-ring (bicyclic) bond motifs is 1. The van der Waals surface area contributed by atoms with Crippen LogP contribution in [0.1, 0.15) is 48.8 Å². The van der Waals surface area contributed by atoms with Gasteiger partial charge >= 0.3 is 6.09 Å². The number of ether oxygens (including phenoxy) is 1. The van der Waals surface area contributed by atoms with Crippen LogP contribution in [-0.2, 0) is 18.2 Å². The first kappa shape index (κ1) is 23.7. The molecule has 4 aromatic rings. The molecular weight excluding hydrogens is 456 g/mol. The Morgan fingerprint density at radius 3 is 2.53 bits per heavy atom. The van der Waals surface area contributed by atoms with E-state index in [1.807, 2.05) is 62.5 Å². The van der Waals surface area contributed by atoms with Gasteiger partial charge in [0.1, 0.15) is 0 Å². The lowest BCUT2D eigenvalue weighted by molar-refractivity contribution is 0.0653. The number of likely N-dealkylation sites (tertiary alicyclic amines) is 1. The van der Waals surface area contributed by atoms with Gasteiger partial charge in [-0.15, -0.1) is 0 Å². The number of amides is 1. The lowest BCUT2D eigenvalue weighted by Gasteiger charge is -2.31. The number of carbonyl (C=O) groups excluding carboxylic acids is 2. The molecule has 1 saturated heterocycles. The van der Waals surface area contributed by atoms with Crippen LogP contribution < -0.4 is 0 Å². The second kappa shape index (κ2) is 9.93. The molecule has 4 heterocycles. The molecule has 186 valence electrons. The fourth-order valence-corrected chi connectivity index (χ4v) is 4.57. The van der Waals surface area contributed by atoms with Gasteiger partial charge in [-0.25, -0.2) is 4.79 Å². The highest BCUT2D eigenvalue weighted by molar-refractivity contribution is 5.97. The molecule has 0 atom stereocenters. The van der Waals surface area contributed by atoms with E-state index in [0.717, 1.165) is 40.4 Å². The Hall–Kier alpha value is -4.01. The van der Waals surface area contributed by atoms with E-state index in [-0.39, 0.29) is 30.4 Å². The molecule has 1 fully saturated rings. The molecule has 0 unspecified atom stereocenters. The Morgan fingerprint density at radius 1 is 1.00 bits per heavy atom. The Morgan fingerprint density at radius 2 is 1.81 bits per heavy atom. The summed E-state index contributed by atoms with van der Waals surface area (Å²) in [6.45, 7) is 4.92. The maximum Gasteiger partial charge on any atom is 0.410 e. The Balaban J connectivity index is 1.24. The fourth-order valence-electron chi connectivity index (χ4n) is 4.57. The third-order valence-corrected chi connectivity index (χ3v) is 6.52. The predicted molar refractivity (Wildman–Crippen MR) is 136 cm³/mol. The normalized spacial score (nSPS) is 14.5. The van der Waals surface area contributed by atoms with E-state index < -0.39 is 0 Å². The predicted octanol–water partition coefficient (Wildman–Crippen LogP) is 4.44. The number of rotatable bonds is 6. The highest BCUT2D eigenvalue weighted by Crippen LogP contribution is 2.25. The molecule has 1 aromatic carbocycles. The number of aryl methyl sites for hydroxylation is 1. The van der Waals surface area contributed by atoms with Crippen LogP contribution in [-0.4, -0.2) is 60.5 Å². The molecule has 0 radical (unpaired) electrons. The summed E-state index contributed by atoms with van der Waals surface area (Å²) in [5, 5.41) is 10.8. The summed E-state index contributed by atoms with van der Waals surface area (Å²) < 4.78 is 8.92. The molecule has 0 N–H and O–H groups in total. The molecule has 3 aromatic heterocycles. The first-order valence-corrected chi connectivity index (χ1v) is 12.3.